The first kappa shape index (κ1) is 65.3. The van der Waals surface area contributed by atoms with Crippen molar-refractivity contribution in [1.82, 2.24) is 5.32 Å². The molecule has 0 aliphatic carbocycles. The number of aliphatic hydroxyl groups is 2. The van der Waals surface area contributed by atoms with Crippen LogP contribution in [-0.2, 0) is 14.3 Å². The summed E-state index contributed by atoms with van der Waals surface area (Å²) in [7, 11) is 0. The highest BCUT2D eigenvalue weighted by molar-refractivity contribution is 5.76. The molecule has 0 saturated heterocycles. The van der Waals surface area contributed by atoms with Gasteiger partial charge in [-0.3, -0.25) is 9.59 Å². The Balaban J connectivity index is 3.45. The molecule has 67 heavy (non-hydrogen) atoms. The van der Waals surface area contributed by atoms with Crippen LogP contribution in [0.1, 0.15) is 328 Å². The standard InChI is InChI=1S/C61H117NO5/c1-3-5-7-9-11-13-15-17-19-21-22-27-31-35-39-43-47-51-55-61(66)67-56-52-48-44-40-36-32-28-24-23-26-30-34-38-42-46-50-54-60(65)62-58(57-63)59(64)53-49-45-41-37-33-29-25-20-18-16-14-12-10-8-6-4-2/h19,21,23,26,58-59,63-64H,3-18,20,22,24-25,27-57H2,1-2H3,(H,62,65)/b21-19-,26-23-. The highest BCUT2D eigenvalue weighted by atomic mass is 16.5. The van der Waals surface area contributed by atoms with Gasteiger partial charge >= 0.3 is 5.97 Å². The highest BCUT2D eigenvalue weighted by Gasteiger charge is 2.20. The maximum Gasteiger partial charge on any atom is 0.305 e. The van der Waals surface area contributed by atoms with Crippen molar-refractivity contribution in [2.75, 3.05) is 13.2 Å². The molecule has 0 aromatic heterocycles. The molecule has 3 N–H and O–H groups in total. The minimum Gasteiger partial charge on any atom is -0.466 e. The number of carbonyl (C=O) groups excluding carboxylic acids is 2. The Morgan fingerprint density at radius 3 is 1.06 bits per heavy atom. The van der Waals surface area contributed by atoms with E-state index < -0.39 is 12.1 Å². The molecule has 0 aliphatic rings. The van der Waals surface area contributed by atoms with Crippen molar-refractivity contribution in [3.05, 3.63) is 24.3 Å². The average Bonchev–Trinajstić information content (AvgIpc) is 3.33. The molecule has 0 heterocycles. The van der Waals surface area contributed by atoms with Gasteiger partial charge in [0.15, 0.2) is 0 Å². The third kappa shape index (κ3) is 53.5. The van der Waals surface area contributed by atoms with Gasteiger partial charge in [0.25, 0.3) is 0 Å². The van der Waals surface area contributed by atoms with Gasteiger partial charge in [-0.05, 0) is 77.0 Å². The predicted octanol–water partition coefficient (Wildman–Crippen LogP) is 18.6. The number of esters is 1. The van der Waals surface area contributed by atoms with Crippen molar-refractivity contribution in [1.29, 1.82) is 0 Å². The van der Waals surface area contributed by atoms with Crippen LogP contribution in [0.2, 0.25) is 0 Å². The molecule has 0 bridgehead atoms. The summed E-state index contributed by atoms with van der Waals surface area (Å²) in [5.41, 5.74) is 0. The highest BCUT2D eigenvalue weighted by Crippen LogP contribution is 2.17. The van der Waals surface area contributed by atoms with Crippen LogP contribution in [-0.4, -0.2) is 47.4 Å². The number of rotatable bonds is 56. The van der Waals surface area contributed by atoms with E-state index in [1.165, 1.54) is 231 Å². The molecule has 0 aliphatic heterocycles. The molecule has 2 unspecified atom stereocenters. The topological polar surface area (TPSA) is 95.9 Å². The quantitative estimate of drug-likeness (QED) is 0.0321. The van der Waals surface area contributed by atoms with E-state index in [2.05, 4.69) is 43.5 Å². The van der Waals surface area contributed by atoms with Gasteiger partial charge in [-0.1, -0.05) is 263 Å². The first-order valence-electron chi connectivity index (χ1n) is 30.1. The Kier molecular flexibility index (Phi) is 55.5. The lowest BCUT2D eigenvalue weighted by Crippen LogP contribution is -2.45. The Bertz CT molecular complexity index is 1040. The molecular weight excluding hydrogens is 827 g/mol. The number of carbonyl (C=O) groups is 2. The second-order valence-electron chi connectivity index (χ2n) is 20.7. The zero-order chi connectivity index (χ0) is 48.6. The van der Waals surface area contributed by atoms with E-state index in [9.17, 15) is 19.8 Å². The van der Waals surface area contributed by atoms with E-state index in [4.69, 9.17) is 4.74 Å². The first-order chi connectivity index (χ1) is 33.0. The summed E-state index contributed by atoms with van der Waals surface area (Å²) < 4.78 is 5.48. The summed E-state index contributed by atoms with van der Waals surface area (Å²) >= 11 is 0. The van der Waals surface area contributed by atoms with Gasteiger partial charge in [0.1, 0.15) is 0 Å². The molecule has 6 heteroatoms. The van der Waals surface area contributed by atoms with E-state index in [-0.39, 0.29) is 18.5 Å². The largest absolute Gasteiger partial charge is 0.466 e. The fraction of sp³-hybridized carbons (Fsp3) is 0.902. The Labute approximate surface area is 418 Å². The second kappa shape index (κ2) is 56.9. The monoisotopic (exact) mass is 944 g/mol. The van der Waals surface area contributed by atoms with Crippen LogP contribution in [0.3, 0.4) is 0 Å². The van der Waals surface area contributed by atoms with E-state index in [0.29, 0.717) is 25.9 Å². The van der Waals surface area contributed by atoms with Crippen molar-refractivity contribution >= 4 is 11.9 Å². The zero-order valence-corrected chi connectivity index (χ0v) is 45.1. The number of hydrogen-bond acceptors (Lipinski definition) is 5. The van der Waals surface area contributed by atoms with Crippen LogP contribution >= 0.6 is 0 Å². The summed E-state index contributed by atoms with van der Waals surface area (Å²) in [6.07, 6.45) is 68.8. The fourth-order valence-electron chi connectivity index (χ4n) is 9.34. The van der Waals surface area contributed by atoms with Gasteiger partial charge in [-0.25, -0.2) is 0 Å². The number of hydrogen-bond donors (Lipinski definition) is 3. The lowest BCUT2D eigenvalue weighted by atomic mass is 10.0. The van der Waals surface area contributed by atoms with Crippen LogP contribution in [0.25, 0.3) is 0 Å². The van der Waals surface area contributed by atoms with E-state index in [0.717, 1.165) is 64.2 Å². The second-order valence-corrected chi connectivity index (χ2v) is 20.7. The Hall–Kier alpha value is -1.66. The molecule has 0 aromatic rings. The van der Waals surface area contributed by atoms with Gasteiger partial charge in [0, 0.05) is 12.8 Å². The van der Waals surface area contributed by atoms with Crippen LogP contribution in [0, 0.1) is 0 Å². The van der Waals surface area contributed by atoms with Crippen molar-refractivity contribution in [2.45, 2.75) is 341 Å². The van der Waals surface area contributed by atoms with E-state index in [1.54, 1.807) is 0 Å². The lowest BCUT2D eigenvalue weighted by molar-refractivity contribution is -0.143. The summed E-state index contributed by atoms with van der Waals surface area (Å²) in [5.74, 6) is -0.0556. The lowest BCUT2D eigenvalue weighted by Gasteiger charge is -2.22. The molecule has 2 atom stereocenters. The molecule has 1 amide bonds. The predicted molar refractivity (Wildman–Crippen MR) is 292 cm³/mol. The van der Waals surface area contributed by atoms with Crippen LogP contribution < -0.4 is 5.32 Å². The SMILES string of the molecule is CCCCCCCCC/C=C\CCCCCCCCCC(=O)OCCCCCCCCC/C=C\CCCCCCCC(=O)NC(CO)C(O)CCCCCCCCCCCCCCCCCC. The third-order valence-electron chi connectivity index (χ3n) is 14.0. The number of aliphatic hydroxyl groups excluding tert-OH is 2. The van der Waals surface area contributed by atoms with Crippen LogP contribution in [0.4, 0.5) is 0 Å². The maximum atomic E-state index is 12.5. The smallest absolute Gasteiger partial charge is 0.305 e. The average molecular weight is 945 g/mol. The summed E-state index contributed by atoms with van der Waals surface area (Å²) in [4.78, 5) is 24.6. The molecule has 0 fully saturated rings. The van der Waals surface area contributed by atoms with E-state index in [1.807, 2.05) is 0 Å². The minimum absolute atomic E-state index is 0.00525. The molecule has 0 rings (SSSR count). The Morgan fingerprint density at radius 1 is 0.403 bits per heavy atom. The van der Waals surface area contributed by atoms with Crippen molar-refractivity contribution < 1.29 is 24.5 Å². The summed E-state index contributed by atoms with van der Waals surface area (Å²) in [6, 6.07) is -0.554. The summed E-state index contributed by atoms with van der Waals surface area (Å²) in [6.45, 7) is 4.94. The van der Waals surface area contributed by atoms with Gasteiger partial charge in [-0.15, -0.1) is 0 Å². The molecular formula is C61H117NO5. The van der Waals surface area contributed by atoms with Crippen molar-refractivity contribution in [3.63, 3.8) is 0 Å². The van der Waals surface area contributed by atoms with Crippen molar-refractivity contribution in [3.8, 4) is 0 Å². The van der Waals surface area contributed by atoms with Crippen LogP contribution in [0.15, 0.2) is 24.3 Å². The van der Waals surface area contributed by atoms with Gasteiger partial charge in [0.05, 0.1) is 25.4 Å². The zero-order valence-electron chi connectivity index (χ0n) is 45.1. The number of amides is 1. The normalized spacial score (nSPS) is 12.7. The van der Waals surface area contributed by atoms with Crippen LogP contribution in [0.5, 0.6) is 0 Å². The Morgan fingerprint density at radius 2 is 0.701 bits per heavy atom. The first-order valence-corrected chi connectivity index (χ1v) is 30.1. The minimum atomic E-state index is -0.675. The number of unbranched alkanes of at least 4 members (excludes halogenated alkanes) is 41. The number of allylic oxidation sites excluding steroid dienone is 4. The van der Waals surface area contributed by atoms with Crippen molar-refractivity contribution in [2.24, 2.45) is 0 Å². The molecule has 396 valence electrons. The van der Waals surface area contributed by atoms with Gasteiger partial charge < -0.3 is 20.3 Å². The number of ether oxygens (including phenoxy) is 1. The van der Waals surface area contributed by atoms with Gasteiger partial charge in [0.2, 0.25) is 5.91 Å². The molecule has 6 nitrogen and oxygen atoms in total. The molecule has 0 saturated carbocycles. The molecule has 0 spiro atoms. The maximum absolute atomic E-state index is 12.5. The number of nitrogens with one attached hydrogen (secondary N) is 1. The third-order valence-corrected chi connectivity index (χ3v) is 14.0. The van der Waals surface area contributed by atoms with E-state index >= 15 is 0 Å². The molecule has 0 aromatic carbocycles. The molecule has 0 radical (unpaired) electrons. The van der Waals surface area contributed by atoms with Gasteiger partial charge in [-0.2, -0.15) is 0 Å². The summed E-state index contributed by atoms with van der Waals surface area (Å²) in [5, 5.41) is 23.3. The fourth-order valence-corrected chi connectivity index (χ4v) is 9.34.